The van der Waals surface area contributed by atoms with Gasteiger partial charge in [0.15, 0.2) is 17.2 Å². The van der Waals surface area contributed by atoms with Crippen LogP contribution in [0.25, 0.3) is 0 Å². The van der Waals surface area contributed by atoms with Crippen LogP contribution in [0.3, 0.4) is 0 Å². The highest BCUT2D eigenvalue weighted by Gasteiger charge is 2.38. The van der Waals surface area contributed by atoms with E-state index in [0.717, 1.165) is 0 Å². The predicted molar refractivity (Wildman–Crippen MR) is 133 cm³/mol. The summed E-state index contributed by atoms with van der Waals surface area (Å²) in [6.45, 7) is 4.93. The van der Waals surface area contributed by atoms with Crippen LogP contribution in [0, 0.1) is 20.8 Å². The van der Waals surface area contributed by atoms with E-state index in [1.165, 1.54) is 18.2 Å². The predicted octanol–water partition coefficient (Wildman–Crippen LogP) is 10.2. The van der Waals surface area contributed by atoms with Crippen molar-refractivity contribution in [1.82, 2.24) is 0 Å². The average Bonchev–Trinajstić information content (AvgIpc) is 2.75. The molecule has 3 aromatic rings. The van der Waals surface area contributed by atoms with E-state index >= 15 is 0 Å². The summed E-state index contributed by atoms with van der Waals surface area (Å²) in [5.41, 5.74) is 1.28. The van der Waals surface area contributed by atoms with Crippen LogP contribution in [-0.2, 0) is 4.57 Å². The molecule has 0 aliphatic rings. The largest absolute Gasteiger partial charge is 0.647 e. The Morgan fingerprint density at radius 1 is 0.500 bits per heavy atom. The van der Waals surface area contributed by atoms with Crippen LogP contribution < -0.4 is 13.6 Å². The molecule has 0 bridgehead atoms. The van der Waals surface area contributed by atoms with Crippen molar-refractivity contribution in [2.75, 3.05) is 0 Å². The van der Waals surface area contributed by atoms with Gasteiger partial charge in [-0.1, -0.05) is 69.6 Å². The SMILES string of the molecule is Cc1c(Cl)ccc(Cl)c1OP(=O)(Oc1c(Cl)ccc(Cl)c1C)Oc1c(Cl)ccc(Cl)c1C. The van der Waals surface area contributed by atoms with Gasteiger partial charge in [-0.3, -0.25) is 0 Å². The van der Waals surface area contributed by atoms with Crippen molar-refractivity contribution >= 4 is 77.4 Å². The smallest absolute Gasteiger partial charge is 0.384 e. The molecule has 170 valence electrons. The maximum absolute atomic E-state index is 14.0. The zero-order valence-electron chi connectivity index (χ0n) is 16.8. The summed E-state index contributed by atoms with van der Waals surface area (Å²) >= 11 is 37.4. The Hall–Kier alpha value is -0.970. The fraction of sp³-hybridized carbons (Fsp3) is 0.143. The van der Waals surface area contributed by atoms with E-state index in [-0.39, 0.29) is 32.3 Å². The number of rotatable bonds is 6. The first-order chi connectivity index (χ1) is 14.9. The highest BCUT2D eigenvalue weighted by molar-refractivity contribution is 7.49. The molecule has 0 saturated carbocycles. The molecule has 32 heavy (non-hydrogen) atoms. The molecule has 0 heterocycles. The van der Waals surface area contributed by atoms with Gasteiger partial charge in [-0.2, -0.15) is 4.57 Å². The minimum Gasteiger partial charge on any atom is -0.384 e. The second-order valence-corrected chi connectivity index (χ2v) is 10.6. The van der Waals surface area contributed by atoms with Gasteiger partial charge in [0, 0.05) is 31.8 Å². The standard InChI is InChI=1S/C21H15Cl6O4P/c1-10-13(22)4-7-16(25)19(10)29-32(28,30-20-11(2)14(23)5-8-17(20)26)31-21-12(3)15(24)6-9-18(21)27/h4-9H,1-3H3. The van der Waals surface area contributed by atoms with Gasteiger partial charge in [-0.05, 0) is 57.2 Å². The first-order valence-corrected chi connectivity index (χ1v) is 12.7. The average molecular weight is 575 g/mol. The molecule has 0 amide bonds. The molecule has 0 N–H and O–H groups in total. The number of phosphoric acid groups is 1. The fourth-order valence-electron chi connectivity index (χ4n) is 2.63. The van der Waals surface area contributed by atoms with E-state index in [2.05, 4.69) is 0 Å². The lowest BCUT2D eigenvalue weighted by Crippen LogP contribution is -2.10. The molecular formula is C21H15Cl6O4P. The molecule has 3 rings (SSSR count). The molecular weight excluding hydrogens is 560 g/mol. The minimum atomic E-state index is -4.54. The summed E-state index contributed by atoms with van der Waals surface area (Å²) in [4.78, 5) is 0. The molecule has 4 nitrogen and oxygen atoms in total. The van der Waals surface area contributed by atoms with Gasteiger partial charge < -0.3 is 13.6 Å². The monoisotopic (exact) mass is 572 g/mol. The summed E-state index contributed by atoms with van der Waals surface area (Å²) in [5, 5.41) is 1.44. The Kier molecular flexibility index (Phi) is 8.10. The van der Waals surface area contributed by atoms with E-state index in [9.17, 15) is 4.57 Å². The van der Waals surface area contributed by atoms with Crippen molar-refractivity contribution in [3.63, 3.8) is 0 Å². The topological polar surface area (TPSA) is 44.8 Å². The molecule has 0 unspecified atom stereocenters. The van der Waals surface area contributed by atoms with Crippen molar-refractivity contribution in [2.45, 2.75) is 20.8 Å². The molecule has 0 aliphatic heterocycles. The molecule has 0 saturated heterocycles. The molecule has 0 radical (unpaired) electrons. The van der Waals surface area contributed by atoms with Crippen LogP contribution >= 0.6 is 77.4 Å². The van der Waals surface area contributed by atoms with Crippen LogP contribution in [0.15, 0.2) is 36.4 Å². The fourth-order valence-corrected chi connectivity index (χ4v) is 5.46. The summed E-state index contributed by atoms with van der Waals surface area (Å²) in [7, 11) is -4.54. The van der Waals surface area contributed by atoms with Crippen LogP contribution in [0.4, 0.5) is 0 Å². The number of hydrogen-bond acceptors (Lipinski definition) is 4. The van der Waals surface area contributed by atoms with Gasteiger partial charge in [0.1, 0.15) is 0 Å². The molecule has 0 aromatic heterocycles. The van der Waals surface area contributed by atoms with E-state index < -0.39 is 7.82 Å². The molecule has 0 fully saturated rings. The third-order valence-electron chi connectivity index (χ3n) is 4.48. The van der Waals surface area contributed by atoms with Crippen molar-refractivity contribution in [3.8, 4) is 17.2 Å². The molecule has 3 aromatic carbocycles. The maximum Gasteiger partial charge on any atom is 0.647 e. The number of hydrogen-bond donors (Lipinski definition) is 0. The van der Waals surface area contributed by atoms with Crippen molar-refractivity contribution < 1.29 is 18.1 Å². The van der Waals surface area contributed by atoms with Gasteiger partial charge >= 0.3 is 7.82 Å². The number of halogens is 6. The van der Waals surface area contributed by atoms with Gasteiger partial charge in [0.25, 0.3) is 0 Å². The number of benzene rings is 3. The number of phosphoric ester groups is 1. The third-order valence-corrected chi connectivity index (χ3v) is 7.82. The highest BCUT2D eigenvalue weighted by Crippen LogP contribution is 2.56. The lowest BCUT2D eigenvalue weighted by Gasteiger charge is -2.24. The first-order valence-electron chi connectivity index (χ1n) is 8.96. The van der Waals surface area contributed by atoms with E-state index in [1.807, 2.05) is 0 Å². The van der Waals surface area contributed by atoms with Crippen LogP contribution in [0.5, 0.6) is 17.2 Å². The molecule has 0 atom stereocenters. The Bertz CT molecular complexity index is 1100. The lowest BCUT2D eigenvalue weighted by atomic mass is 10.2. The second kappa shape index (κ2) is 10.1. The Balaban J connectivity index is 2.16. The van der Waals surface area contributed by atoms with Gasteiger partial charge in [-0.25, -0.2) is 0 Å². The van der Waals surface area contributed by atoms with E-state index in [0.29, 0.717) is 31.8 Å². The maximum atomic E-state index is 14.0. The highest BCUT2D eigenvalue weighted by atomic mass is 35.5. The van der Waals surface area contributed by atoms with Gasteiger partial charge in [0.2, 0.25) is 0 Å². The summed E-state index contributed by atoms with van der Waals surface area (Å²) in [5.74, 6) is 0.0253. The Morgan fingerprint density at radius 3 is 0.969 bits per heavy atom. The zero-order valence-corrected chi connectivity index (χ0v) is 22.2. The van der Waals surface area contributed by atoms with Crippen molar-refractivity contribution in [2.24, 2.45) is 0 Å². The first kappa shape index (κ1) is 25.6. The third kappa shape index (κ3) is 5.39. The zero-order chi connectivity index (χ0) is 23.8. The summed E-state index contributed by atoms with van der Waals surface area (Å²) in [6.07, 6.45) is 0. The minimum absolute atomic E-state index is 0.00843. The van der Waals surface area contributed by atoms with Crippen molar-refractivity contribution in [1.29, 1.82) is 0 Å². The Labute approximate surface area is 215 Å². The summed E-state index contributed by atoms with van der Waals surface area (Å²) in [6, 6.07) is 9.21. The van der Waals surface area contributed by atoms with Crippen LogP contribution in [-0.4, -0.2) is 0 Å². The van der Waals surface area contributed by atoms with E-state index in [1.54, 1.807) is 39.0 Å². The van der Waals surface area contributed by atoms with Gasteiger partial charge in [-0.15, -0.1) is 0 Å². The van der Waals surface area contributed by atoms with Crippen LogP contribution in [0.2, 0.25) is 30.1 Å². The molecule has 0 spiro atoms. The van der Waals surface area contributed by atoms with Gasteiger partial charge in [0.05, 0.1) is 15.1 Å². The summed E-state index contributed by atoms with van der Waals surface area (Å²) < 4.78 is 31.2. The van der Waals surface area contributed by atoms with Crippen molar-refractivity contribution in [3.05, 3.63) is 83.2 Å². The lowest BCUT2D eigenvalue weighted by molar-refractivity contribution is 0.296. The molecule has 0 aliphatic carbocycles. The van der Waals surface area contributed by atoms with Crippen LogP contribution in [0.1, 0.15) is 16.7 Å². The molecule has 11 heteroatoms. The van der Waals surface area contributed by atoms with E-state index in [4.69, 9.17) is 83.2 Å². The normalized spacial score (nSPS) is 11.4. The quantitative estimate of drug-likeness (QED) is 0.275. The second-order valence-electron chi connectivity index (χ2n) is 6.67. The Morgan fingerprint density at radius 2 is 0.719 bits per heavy atom.